The number of para-hydroxylation sites is 1. The Morgan fingerprint density at radius 2 is 2.08 bits per heavy atom. The molecule has 0 saturated carbocycles. The maximum atomic E-state index is 12.2. The molecule has 1 aliphatic heterocycles. The van der Waals surface area contributed by atoms with Crippen LogP contribution in [-0.4, -0.2) is 25.0 Å². The quantitative estimate of drug-likeness (QED) is 0.828. The van der Waals surface area contributed by atoms with Crippen molar-refractivity contribution in [3.05, 3.63) is 51.7 Å². The van der Waals surface area contributed by atoms with Crippen molar-refractivity contribution in [2.75, 3.05) is 18.5 Å². The van der Waals surface area contributed by atoms with Gasteiger partial charge in [0.15, 0.2) is 0 Å². The number of nitrogens with one attached hydrogen (secondary N) is 2. The van der Waals surface area contributed by atoms with Crippen molar-refractivity contribution in [2.24, 2.45) is 0 Å². The number of amides is 2. The van der Waals surface area contributed by atoms with Crippen molar-refractivity contribution < 1.29 is 14.3 Å². The van der Waals surface area contributed by atoms with E-state index in [0.29, 0.717) is 11.4 Å². The van der Waals surface area contributed by atoms with Gasteiger partial charge in [-0.15, -0.1) is 11.3 Å². The summed E-state index contributed by atoms with van der Waals surface area (Å²) in [4.78, 5) is 25.9. The Morgan fingerprint density at radius 3 is 2.84 bits per heavy atom. The summed E-state index contributed by atoms with van der Waals surface area (Å²) in [5.41, 5.74) is 1.82. The highest BCUT2D eigenvalue weighted by Gasteiger charge is 2.20. The summed E-state index contributed by atoms with van der Waals surface area (Å²) in [5.74, 6) is -0.251. The van der Waals surface area contributed by atoms with E-state index in [-0.39, 0.29) is 24.3 Å². The van der Waals surface area contributed by atoms with E-state index in [0.717, 1.165) is 35.6 Å². The average Bonchev–Trinajstić information content (AvgIpc) is 3.28. The number of ether oxygens (including phenoxy) is 1. The van der Waals surface area contributed by atoms with E-state index in [1.807, 2.05) is 43.3 Å². The molecule has 0 bridgehead atoms. The van der Waals surface area contributed by atoms with Gasteiger partial charge in [0, 0.05) is 30.1 Å². The lowest BCUT2D eigenvalue weighted by molar-refractivity contribution is -0.116. The van der Waals surface area contributed by atoms with Gasteiger partial charge in [-0.1, -0.05) is 18.2 Å². The van der Waals surface area contributed by atoms with E-state index in [4.69, 9.17) is 4.74 Å². The van der Waals surface area contributed by atoms with Gasteiger partial charge >= 0.3 is 0 Å². The monoisotopic (exact) mass is 358 g/mol. The average molecular weight is 358 g/mol. The van der Waals surface area contributed by atoms with Crippen LogP contribution in [0.25, 0.3) is 0 Å². The number of hydrogen-bond donors (Lipinski definition) is 2. The molecule has 5 nitrogen and oxygen atoms in total. The molecule has 2 N–H and O–H groups in total. The fraction of sp³-hybridized carbons (Fsp3) is 0.368. The Kier molecular flexibility index (Phi) is 5.83. The van der Waals surface area contributed by atoms with E-state index in [1.54, 1.807) is 0 Å². The minimum absolute atomic E-state index is 0.110. The number of carbonyl (C=O) groups excluding carboxylic acids is 2. The molecule has 6 heteroatoms. The van der Waals surface area contributed by atoms with Crippen molar-refractivity contribution >= 4 is 28.8 Å². The van der Waals surface area contributed by atoms with Crippen LogP contribution in [0.4, 0.5) is 5.69 Å². The molecule has 3 rings (SSSR count). The zero-order valence-electron chi connectivity index (χ0n) is 14.2. The summed E-state index contributed by atoms with van der Waals surface area (Å²) in [5, 5.41) is 5.66. The van der Waals surface area contributed by atoms with Gasteiger partial charge in [0.25, 0.3) is 5.91 Å². The molecule has 25 heavy (non-hydrogen) atoms. The van der Waals surface area contributed by atoms with Crippen LogP contribution in [0.15, 0.2) is 36.4 Å². The van der Waals surface area contributed by atoms with Gasteiger partial charge in [0.1, 0.15) is 0 Å². The molecule has 0 aliphatic carbocycles. The van der Waals surface area contributed by atoms with Gasteiger partial charge in [0.05, 0.1) is 11.0 Å². The molecule has 1 aliphatic rings. The van der Waals surface area contributed by atoms with Crippen LogP contribution in [0.3, 0.4) is 0 Å². The molecule has 2 heterocycles. The van der Waals surface area contributed by atoms with Gasteiger partial charge in [-0.25, -0.2) is 0 Å². The highest BCUT2D eigenvalue weighted by molar-refractivity contribution is 7.14. The second-order valence-corrected chi connectivity index (χ2v) is 7.19. The molecule has 0 spiro atoms. The number of anilines is 1. The summed E-state index contributed by atoms with van der Waals surface area (Å²) < 4.78 is 5.64. The summed E-state index contributed by atoms with van der Waals surface area (Å²) in [7, 11) is 0. The van der Waals surface area contributed by atoms with E-state index >= 15 is 0 Å². The van der Waals surface area contributed by atoms with Gasteiger partial charge in [-0.2, -0.15) is 0 Å². The number of aryl methyl sites for hydroxylation is 1. The number of rotatable bonds is 6. The van der Waals surface area contributed by atoms with Crippen molar-refractivity contribution in [3.63, 3.8) is 0 Å². The minimum Gasteiger partial charge on any atom is -0.373 e. The number of carbonyl (C=O) groups is 2. The van der Waals surface area contributed by atoms with E-state index in [9.17, 15) is 9.59 Å². The summed E-state index contributed by atoms with van der Waals surface area (Å²) in [6.07, 6.45) is 2.46. The molecule has 1 saturated heterocycles. The fourth-order valence-electron chi connectivity index (χ4n) is 2.75. The molecule has 0 radical (unpaired) electrons. The topological polar surface area (TPSA) is 67.4 Å². The smallest absolute Gasteiger partial charge is 0.261 e. The third-order valence-corrected chi connectivity index (χ3v) is 5.33. The molecular weight excluding hydrogens is 336 g/mol. The first kappa shape index (κ1) is 17.6. The number of benzene rings is 1. The van der Waals surface area contributed by atoms with Gasteiger partial charge in [0.2, 0.25) is 5.91 Å². The second kappa shape index (κ2) is 8.27. The third-order valence-electron chi connectivity index (χ3n) is 4.15. The lowest BCUT2D eigenvalue weighted by Crippen LogP contribution is -2.27. The highest BCUT2D eigenvalue weighted by Crippen LogP contribution is 2.33. The summed E-state index contributed by atoms with van der Waals surface area (Å²) >= 11 is 1.46. The van der Waals surface area contributed by atoms with Crippen LogP contribution in [0, 0.1) is 6.92 Å². The van der Waals surface area contributed by atoms with Gasteiger partial charge < -0.3 is 15.4 Å². The van der Waals surface area contributed by atoms with Gasteiger partial charge in [-0.05, 0) is 43.5 Å². The molecule has 0 unspecified atom stereocenters. The van der Waals surface area contributed by atoms with E-state index in [2.05, 4.69) is 10.6 Å². The number of hydrogen-bond acceptors (Lipinski definition) is 4. The molecule has 1 atom stereocenters. The maximum absolute atomic E-state index is 12.2. The van der Waals surface area contributed by atoms with Gasteiger partial charge in [-0.3, -0.25) is 9.59 Å². The third kappa shape index (κ3) is 4.67. The van der Waals surface area contributed by atoms with Crippen LogP contribution < -0.4 is 10.6 Å². The van der Waals surface area contributed by atoms with Crippen LogP contribution in [0.5, 0.6) is 0 Å². The Bertz CT molecular complexity index is 751. The largest absolute Gasteiger partial charge is 0.373 e. The molecule has 1 aromatic carbocycles. The first-order chi connectivity index (χ1) is 12.1. The van der Waals surface area contributed by atoms with Crippen molar-refractivity contribution in [2.45, 2.75) is 32.3 Å². The Hall–Kier alpha value is -2.18. The molecule has 1 fully saturated rings. The Balaban J connectivity index is 1.44. The van der Waals surface area contributed by atoms with Crippen LogP contribution >= 0.6 is 11.3 Å². The normalized spacial score (nSPS) is 16.6. The Labute approximate surface area is 151 Å². The molecular formula is C19H22N2O3S. The standard InChI is InChI=1S/C19H22N2O3S/c1-13-5-2-3-6-14(13)21-18(22)10-11-20-19(23)17-9-8-16(25-17)15-7-4-12-24-15/h2-3,5-6,8-9,15H,4,7,10-12H2,1H3,(H,20,23)(H,21,22)/t15-/m0/s1. The maximum Gasteiger partial charge on any atom is 0.261 e. The number of thiophene rings is 1. The first-order valence-electron chi connectivity index (χ1n) is 8.48. The highest BCUT2D eigenvalue weighted by atomic mass is 32.1. The predicted octanol–water partition coefficient (Wildman–Crippen LogP) is 3.67. The zero-order chi connectivity index (χ0) is 17.6. The molecule has 132 valence electrons. The lowest BCUT2D eigenvalue weighted by atomic mass is 10.2. The summed E-state index contributed by atoms with van der Waals surface area (Å²) in [6, 6.07) is 11.4. The van der Waals surface area contributed by atoms with E-state index in [1.165, 1.54) is 11.3 Å². The summed E-state index contributed by atoms with van der Waals surface area (Å²) in [6.45, 7) is 3.05. The lowest BCUT2D eigenvalue weighted by Gasteiger charge is -2.08. The zero-order valence-corrected chi connectivity index (χ0v) is 15.0. The Morgan fingerprint density at radius 1 is 1.24 bits per heavy atom. The SMILES string of the molecule is Cc1ccccc1NC(=O)CCNC(=O)c1ccc([C@@H]2CCCO2)s1. The molecule has 1 aromatic heterocycles. The van der Waals surface area contributed by atoms with Crippen LogP contribution in [0.1, 0.15) is 45.5 Å². The second-order valence-electron chi connectivity index (χ2n) is 6.07. The van der Waals surface area contributed by atoms with Crippen molar-refractivity contribution in [1.82, 2.24) is 5.32 Å². The first-order valence-corrected chi connectivity index (χ1v) is 9.30. The van der Waals surface area contributed by atoms with E-state index < -0.39 is 0 Å². The van der Waals surface area contributed by atoms with Crippen LogP contribution in [-0.2, 0) is 9.53 Å². The van der Waals surface area contributed by atoms with Crippen molar-refractivity contribution in [3.8, 4) is 0 Å². The predicted molar refractivity (Wildman–Crippen MR) is 99.0 cm³/mol. The fourth-order valence-corrected chi connectivity index (χ4v) is 3.76. The molecule has 2 amide bonds. The molecule has 2 aromatic rings. The van der Waals surface area contributed by atoms with Crippen LogP contribution in [0.2, 0.25) is 0 Å². The minimum atomic E-state index is -0.141. The van der Waals surface area contributed by atoms with Crippen molar-refractivity contribution in [1.29, 1.82) is 0 Å².